The number of aryl methyl sites for hydroxylation is 1. The van der Waals surface area contributed by atoms with Gasteiger partial charge >= 0.3 is 0 Å². The summed E-state index contributed by atoms with van der Waals surface area (Å²) >= 11 is 7.56. The second-order valence-corrected chi connectivity index (χ2v) is 6.06. The standard InChI is InChI=1S/C13H17ClN2OS/c1-9-10(5-6-17-9)8-16(2)11(7-15)12-3-4-13(14)18-12/h3-6,11H,7-8,15H2,1-2H3. The lowest BCUT2D eigenvalue weighted by atomic mass is 10.2. The Hall–Kier alpha value is -0.810. The monoisotopic (exact) mass is 284 g/mol. The molecule has 0 aromatic carbocycles. The second-order valence-electron chi connectivity index (χ2n) is 4.31. The summed E-state index contributed by atoms with van der Waals surface area (Å²) in [5.41, 5.74) is 7.07. The van der Waals surface area contributed by atoms with Crippen molar-refractivity contribution in [1.82, 2.24) is 4.90 Å². The van der Waals surface area contributed by atoms with Crippen LogP contribution < -0.4 is 5.73 Å². The van der Waals surface area contributed by atoms with Crippen molar-refractivity contribution in [3.05, 3.63) is 45.0 Å². The van der Waals surface area contributed by atoms with Gasteiger partial charge in [-0.25, -0.2) is 0 Å². The van der Waals surface area contributed by atoms with E-state index in [-0.39, 0.29) is 6.04 Å². The van der Waals surface area contributed by atoms with Gasteiger partial charge in [0.1, 0.15) is 5.76 Å². The molecule has 0 aliphatic carbocycles. The van der Waals surface area contributed by atoms with Crippen molar-refractivity contribution in [2.75, 3.05) is 13.6 Å². The predicted octanol–water partition coefficient (Wildman–Crippen LogP) is 3.43. The van der Waals surface area contributed by atoms with E-state index in [1.165, 1.54) is 10.4 Å². The van der Waals surface area contributed by atoms with Gasteiger partial charge in [0.15, 0.2) is 0 Å². The number of nitrogens with two attached hydrogens (primary N) is 1. The molecule has 2 aromatic rings. The molecule has 0 amide bonds. The van der Waals surface area contributed by atoms with Crippen LogP contribution in [0.2, 0.25) is 4.34 Å². The molecule has 0 saturated heterocycles. The zero-order valence-corrected chi connectivity index (χ0v) is 12.1. The summed E-state index contributed by atoms with van der Waals surface area (Å²) in [6.45, 7) is 3.37. The largest absolute Gasteiger partial charge is 0.469 e. The quantitative estimate of drug-likeness (QED) is 0.915. The molecule has 0 bridgehead atoms. The van der Waals surface area contributed by atoms with Crippen molar-refractivity contribution >= 4 is 22.9 Å². The van der Waals surface area contributed by atoms with Crippen LogP contribution in [0.5, 0.6) is 0 Å². The zero-order chi connectivity index (χ0) is 13.1. The fourth-order valence-electron chi connectivity index (χ4n) is 1.97. The Morgan fingerprint density at radius 1 is 1.44 bits per heavy atom. The van der Waals surface area contributed by atoms with Crippen LogP contribution in [-0.4, -0.2) is 18.5 Å². The number of hydrogen-bond donors (Lipinski definition) is 1. The molecule has 0 radical (unpaired) electrons. The fourth-order valence-corrected chi connectivity index (χ4v) is 3.21. The van der Waals surface area contributed by atoms with Gasteiger partial charge in [-0.3, -0.25) is 4.90 Å². The van der Waals surface area contributed by atoms with Gasteiger partial charge in [-0.2, -0.15) is 0 Å². The normalized spacial score (nSPS) is 13.2. The molecule has 2 N–H and O–H groups in total. The van der Waals surface area contributed by atoms with Crippen molar-refractivity contribution in [1.29, 1.82) is 0 Å². The summed E-state index contributed by atoms with van der Waals surface area (Å²) in [4.78, 5) is 3.42. The molecular weight excluding hydrogens is 268 g/mol. The number of halogens is 1. The Balaban J connectivity index is 2.11. The van der Waals surface area contributed by atoms with E-state index < -0.39 is 0 Å². The number of nitrogens with zero attached hydrogens (tertiary/aromatic N) is 1. The molecule has 18 heavy (non-hydrogen) atoms. The van der Waals surface area contributed by atoms with Crippen LogP contribution in [0, 0.1) is 6.92 Å². The topological polar surface area (TPSA) is 42.4 Å². The van der Waals surface area contributed by atoms with Gasteiger partial charge < -0.3 is 10.2 Å². The average Bonchev–Trinajstić information content (AvgIpc) is 2.91. The molecule has 98 valence electrons. The molecule has 2 heterocycles. The van der Waals surface area contributed by atoms with Gasteiger partial charge in [-0.1, -0.05) is 11.6 Å². The van der Waals surface area contributed by atoms with E-state index in [4.69, 9.17) is 21.8 Å². The highest BCUT2D eigenvalue weighted by Gasteiger charge is 2.18. The summed E-state index contributed by atoms with van der Waals surface area (Å²) in [6, 6.07) is 6.15. The van der Waals surface area contributed by atoms with Crippen LogP contribution in [0.25, 0.3) is 0 Å². The van der Waals surface area contributed by atoms with E-state index in [0.717, 1.165) is 16.6 Å². The Labute approximate surface area is 116 Å². The summed E-state index contributed by atoms with van der Waals surface area (Å²) in [6.07, 6.45) is 1.72. The lowest BCUT2D eigenvalue weighted by Crippen LogP contribution is -2.29. The van der Waals surface area contributed by atoms with Crippen molar-refractivity contribution in [2.45, 2.75) is 19.5 Å². The number of furan rings is 1. The number of thiophene rings is 1. The molecule has 0 aliphatic heterocycles. The van der Waals surface area contributed by atoms with Gasteiger partial charge in [0, 0.05) is 23.5 Å². The summed E-state index contributed by atoms with van der Waals surface area (Å²) in [5.74, 6) is 0.960. The smallest absolute Gasteiger partial charge is 0.105 e. The van der Waals surface area contributed by atoms with Crippen LogP contribution in [0.1, 0.15) is 22.2 Å². The summed E-state index contributed by atoms with van der Waals surface area (Å²) < 4.78 is 6.11. The van der Waals surface area contributed by atoms with Gasteiger partial charge in [0.25, 0.3) is 0 Å². The molecule has 0 fully saturated rings. The van der Waals surface area contributed by atoms with E-state index >= 15 is 0 Å². The van der Waals surface area contributed by atoms with Crippen molar-refractivity contribution in [3.63, 3.8) is 0 Å². The average molecular weight is 285 g/mol. The zero-order valence-electron chi connectivity index (χ0n) is 10.5. The Morgan fingerprint density at radius 3 is 2.72 bits per heavy atom. The van der Waals surface area contributed by atoms with Gasteiger partial charge in [0.2, 0.25) is 0 Å². The lowest BCUT2D eigenvalue weighted by Gasteiger charge is -2.25. The molecule has 2 aromatic heterocycles. The first kappa shape index (κ1) is 13.6. The van der Waals surface area contributed by atoms with Gasteiger partial charge in [-0.15, -0.1) is 11.3 Å². The highest BCUT2D eigenvalue weighted by Crippen LogP contribution is 2.30. The maximum absolute atomic E-state index is 5.98. The number of hydrogen-bond acceptors (Lipinski definition) is 4. The molecule has 1 unspecified atom stereocenters. The molecule has 2 rings (SSSR count). The first-order chi connectivity index (χ1) is 8.61. The van der Waals surface area contributed by atoms with Crippen LogP contribution in [0.4, 0.5) is 0 Å². The highest BCUT2D eigenvalue weighted by atomic mass is 35.5. The Kier molecular flexibility index (Phi) is 4.45. The molecule has 0 spiro atoms. The van der Waals surface area contributed by atoms with Crippen molar-refractivity contribution in [3.8, 4) is 0 Å². The fraction of sp³-hybridized carbons (Fsp3) is 0.385. The minimum absolute atomic E-state index is 0.191. The van der Waals surface area contributed by atoms with Crippen LogP contribution in [-0.2, 0) is 6.54 Å². The minimum Gasteiger partial charge on any atom is -0.469 e. The molecule has 0 aliphatic rings. The van der Waals surface area contributed by atoms with Crippen molar-refractivity contribution in [2.24, 2.45) is 5.73 Å². The van der Waals surface area contributed by atoms with E-state index in [9.17, 15) is 0 Å². The Morgan fingerprint density at radius 2 is 2.22 bits per heavy atom. The number of likely N-dealkylation sites (N-methyl/N-ethyl adjacent to an activating group) is 1. The molecule has 3 nitrogen and oxygen atoms in total. The highest BCUT2D eigenvalue weighted by molar-refractivity contribution is 7.16. The van der Waals surface area contributed by atoms with Gasteiger partial charge in [0.05, 0.1) is 16.6 Å². The van der Waals surface area contributed by atoms with Gasteiger partial charge in [-0.05, 0) is 32.2 Å². The van der Waals surface area contributed by atoms with Crippen LogP contribution >= 0.6 is 22.9 Å². The second kappa shape index (κ2) is 5.89. The number of rotatable bonds is 5. The Bertz CT molecular complexity index is 509. The van der Waals surface area contributed by atoms with E-state index in [0.29, 0.717) is 6.54 Å². The molecule has 5 heteroatoms. The lowest BCUT2D eigenvalue weighted by molar-refractivity contribution is 0.243. The third-order valence-corrected chi connectivity index (χ3v) is 4.40. The molecular formula is C13H17ClN2OS. The van der Waals surface area contributed by atoms with E-state index in [2.05, 4.69) is 11.9 Å². The van der Waals surface area contributed by atoms with Crippen LogP contribution in [0.15, 0.2) is 28.9 Å². The third kappa shape index (κ3) is 2.95. The third-order valence-electron chi connectivity index (χ3n) is 3.06. The molecule has 1 atom stereocenters. The predicted molar refractivity (Wildman–Crippen MR) is 76.0 cm³/mol. The maximum Gasteiger partial charge on any atom is 0.105 e. The first-order valence-corrected chi connectivity index (χ1v) is 6.99. The summed E-state index contributed by atoms with van der Waals surface area (Å²) in [5, 5.41) is 0. The minimum atomic E-state index is 0.191. The molecule has 0 saturated carbocycles. The first-order valence-electron chi connectivity index (χ1n) is 5.80. The van der Waals surface area contributed by atoms with Crippen LogP contribution in [0.3, 0.4) is 0 Å². The van der Waals surface area contributed by atoms with E-state index in [1.807, 2.05) is 25.1 Å². The SMILES string of the molecule is Cc1occc1CN(C)C(CN)c1ccc(Cl)s1. The van der Waals surface area contributed by atoms with E-state index in [1.54, 1.807) is 17.6 Å². The maximum atomic E-state index is 5.98. The van der Waals surface area contributed by atoms with Crippen molar-refractivity contribution < 1.29 is 4.42 Å². The summed E-state index contributed by atoms with van der Waals surface area (Å²) in [7, 11) is 2.07.